The Bertz CT molecular complexity index is 1180. The second-order valence-corrected chi connectivity index (χ2v) is 9.00. The standard InChI is InChI=1S/C25H28FN3O3/c1-25(2,3)32-24(30)28-17-8-5-15(6-9-17)21-14-20-18(11-12-27-23(20)29-21)19-13-16(26)7-10-22(19)31-4/h5,7,10-14,17H,6,8-9H2,1-4H3,(H,27,29)(H,28,30). The summed E-state index contributed by atoms with van der Waals surface area (Å²) in [6, 6.07) is 8.46. The summed E-state index contributed by atoms with van der Waals surface area (Å²) < 4.78 is 24.8. The van der Waals surface area contributed by atoms with E-state index in [1.54, 1.807) is 19.4 Å². The maximum atomic E-state index is 14.0. The molecule has 0 saturated heterocycles. The number of carbonyl (C=O) groups excluding carboxylic acids is 1. The summed E-state index contributed by atoms with van der Waals surface area (Å²) in [6.07, 6.45) is 5.81. The molecule has 1 aliphatic rings. The predicted molar refractivity (Wildman–Crippen MR) is 123 cm³/mol. The largest absolute Gasteiger partial charge is 0.496 e. The molecule has 32 heavy (non-hydrogen) atoms. The van der Waals surface area contributed by atoms with Crippen LogP contribution in [-0.4, -0.2) is 34.8 Å². The molecular formula is C25H28FN3O3. The summed E-state index contributed by atoms with van der Waals surface area (Å²) in [7, 11) is 1.58. The van der Waals surface area contributed by atoms with Crippen molar-refractivity contribution in [3.63, 3.8) is 0 Å². The summed E-state index contributed by atoms with van der Waals surface area (Å²) >= 11 is 0. The number of aromatic nitrogens is 2. The minimum atomic E-state index is -0.515. The number of aromatic amines is 1. The lowest BCUT2D eigenvalue weighted by Crippen LogP contribution is -2.39. The zero-order valence-electron chi connectivity index (χ0n) is 18.8. The number of amides is 1. The van der Waals surface area contributed by atoms with Crippen molar-refractivity contribution < 1.29 is 18.7 Å². The van der Waals surface area contributed by atoms with Gasteiger partial charge < -0.3 is 19.8 Å². The van der Waals surface area contributed by atoms with E-state index in [4.69, 9.17) is 9.47 Å². The summed E-state index contributed by atoms with van der Waals surface area (Å²) in [5.41, 5.74) is 3.91. The predicted octanol–water partition coefficient (Wildman–Crippen LogP) is 5.84. The van der Waals surface area contributed by atoms with Crippen molar-refractivity contribution >= 4 is 22.7 Å². The molecule has 168 valence electrons. The number of nitrogens with zero attached hydrogens (tertiary/aromatic N) is 1. The van der Waals surface area contributed by atoms with Gasteiger partial charge in [0.05, 0.1) is 7.11 Å². The molecule has 2 heterocycles. The van der Waals surface area contributed by atoms with Gasteiger partial charge in [-0.2, -0.15) is 0 Å². The van der Waals surface area contributed by atoms with Gasteiger partial charge in [-0.25, -0.2) is 14.2 Å². The normalized spacial score (nSPS) is 16.5. The first-order chi connectivity index (χ1) is 15.2. The van der Waals surface area contributed by atoms with E-state index in [0.29, 0.717) is 11.3 Å². The number of methoxy groups -OCH3 is 1. The van der Waals surface area contributed by atoms with E-state index in [0.717, 1.165) is 41.6 Å². The quantitative estimate of drug-likeness (QED) is 0.538. The molecule has 0 spiro atoms. The fourth-order valence-electron chi connectivity index (χ4n) is 4.01. The number of nitrogens with one attached hydrogen (secondary N) is 2. The third kappa shape index (κ3) is 4.77. The molecule has 4 rings (SSSR count). The van der Waals surface area contributed by atoms with Crippen molar-refractivity contribution in [2.24, 2.45) is 0 Å². The van der Waals surface area contributed by atoms with Crippen LogP contribution in [0.2, 0.25) is 0 Å². The number of benzene rings is 1. The van der Waals surface area contributed by atoms with Crippen LogP contribution in [0.5, 0.6) is 5.75 Å². The van der Waals surface area contributed by atoms with Crippen molar-refractivity contribution in [3.8, 4) is 16.9 Å². The van der Waals surface area contributed by atoms with Crippen LogP contribution in [-0.2, 0) is 4.74 Å². The average Bonchev–Trinajstić information content (AvgIpc) is 3.17. The van der Waals surface area contributed by atoms with Gasteiger partial charge in [-0.15, -0.1) is 0 Å². The summed E-state index contributed by atoms with van der Waals surface area (Å²) in [5.74, 6) is 0.287. The number of hydrogen-bond acceptors (Lipinski definition) is 4. The fourth-order valence-corrected chi connectivity index (χ4v) is 4.01. The molecule has 6 nitrogen and oxygen atoms in total. The first kappa shape index (κ1) is 21.9. The smallest absolute Gasteiger partial charge is 0.407 e. The van der Waals surface area contributed by atoms with Gasteiger partial charge >= 0.3 is 6.09 Å². The number of H-pyrrole nitrogens is 1. The van der Waals surface area contributed by atoms with E-state index in [1.807, 2.05) is 26.8 Å². The Morgan fingerprint density at radius 2 is 2.03 bits per heavy atom. The molecular weight excluding hydrogens is 409 g/mol. The molecule has 1 aliphatic carbocycles. The summed E-state index contributed by atoms with van der Waals surface area (Å²) in [5, 5.41) is 3.85. The minimum Gasteiger partial charge on any atom is -0.496 e. The number of allylic oxidation sites excluding steroid dienone is 1. The van der Waals surface area contributed by atoms with E-state index < -0.39 is 5.60 Å². The number of carbonyl (C=O) groups is 1. The highest BCUT2D eigenvalue weighted by Crippen LogP contribution is 2.37. The van der Waals surface area contributed by atoms with E-state index in [9.17, 15) is 9.18 Å². The van der Waals surface area contributed by atoms with Crippen molar-refractivity contribution in [1.82, 2.24) is 15.3 Å². The molecule has 3 aromatic rings. The Morgan fingerprint density at radius 1 is 1.22 bits per heavy atom. The van der Waals surface area contributed by atoms with Crippen molar-refractivity contribution in [2.45, 2.75) is 51.7 Å². The molecule has 1 atom stereocenters. The molecule has 0 fully saturated rings. The molecule has 1 unspecified atom stereocenters. The molecule has 2 N–H and O–H groups in total. The Balaban J connectivity index is 1.57. The SMILES string of the molecule is COc1ccc(F)cc1-c1ccnc2[nH]c(C3=CCC(NC(=O)OC(C)(C)C)CC3)cc12. The van der Waals surface area contributed by atoms with Crippen LogP contribution in [0, 0.1) is 5.82 Å². The molecule has 0 saturated carbocycles. The zero-order chi connectivity index (χ0) is 22.9. The van der Waals surface area contributed by atoms with Gasteiger partial charge in [0.15, 0.2) is 0 Å². The maximum Gasteiger partial charge on any atom is 0.407 e. The lowest BCUT2D eigenvalue weighted by atomic mass is 9.93. The first-order valence-corrected chi connectivity index (χ1v) is 10.7. The Kier molecular flexibility index (Phi) is 5.91. The lowest BCUT2D eigenvalue weighted by Gasteiger charge is -2.25. The zero-order valence-corrected chi connectivity index (χ0v) is 18.8. The number of fused-ring (bicyclic) bond motifs is 1. The Hall–Kier alpha value is -3.35. The molecule has 7 heteroatoms. The van der Waals surface area contributed by atoms with E-state index in [1.165, 1.54) is 17.7 Å². The highest BCUT2D eigenvalue weighted by atomic mass is 19.1. The molecule has 0 bridgehead atoms. The number of pyridine rings is 1. The van der Waals surface area contributed by atoms with Crippen molar-refractivity contribution in [2.75, 3.05) is 7.11 Å². The maximum absolute atomic E-state index is 14.0. The lowest BCUT2D eigenvalue weighted by molar-refractivity contribution is 0.0502. The fraction of sp³-hybridized carbons (Fsp3) is 0.360. The van der Waals surface area contributed by atoms with Crippen molar-refractivity contribution in [1.29, 1.82) is 0 Å². The molecule has 0 aliphatic heterocycles. The molecule has 0 radical (unpaired) electrons. The van der Waals surface area contributed by atoms with Gasteiger partial charge in [0.1, 0.15) is 22.8 Å². The van der Waals surface area contributed by atoms with Gasteiger partial charge in [0.25, 0.3) is 0 Å². The number of rotatable bonds is 4. The molecule has 2 aromatic heterocycles. The van der Waals surface area contributed by atoms with Crippen LogP contribution in [0.1, 0.15) is 45.7 Å². The van der Waals surface area contributed by atoms with Gasteiger partial charge in [-0.05, 0) is 81.5 Å². The number of hydrogen-bond donors (Lipinski definition) is 2. The Morgan fingerprint density at radius 3 is 2.72 bits per heavy atom. The van der Waals surface area contributed by atoms with Crippen LogP contribution >= 0.6 is 0 Å². The number of ether oxygens (including phenoxy) is 2. The van der Waals surface area contributed by atoms with E-state index >= 15 is 0 Å². The first-order valence-electron chi connectivity index (χ1n) is 10.7. The highest BCUT2D eigenvalue weighted by Gasteiger charge is 2.22. The third-order valence-electron chi connectivity index (χ3n) is 5.46. The second kappa shape index (κ2) is 8.65. The van der Waals surface area contributed by atoms with Crippen molar-refractivity contribution in [3.05, 3.63) is 54.1 Å². The molecule has 1 amide bonds. The van der Waals surface area contributed by atoms with Crippen LogP contribution in [0.25, 0.3) is 27.7 Å². The van der Waals surface area contributed by atoms with Crippen LogP contribution in [0.3, 0.4) is 0 Å². The summed E-state index contributed by atoms with van der Waals surface area (Å²) in [6.45, 7) is 5.55. The molecule has 1 aromatic carbocycles. The van der Waals surface area contributed by atoms with Crippen LogP contribution < -0.4 is 10.1 Å². The van der Waals surface area contributed by atoms with E-state index in [2.05, 4.69) is 27.4 Å². The highest BCUT2D eigenvalue weighted by molar-refractivity contribution is 5.96. The summed E-state index contributed by atoms with van der Waals surface area (Å²) in [4.78, 5) is 19.9. The number of alkyl carbamates (subject to hydrolysis) is 1. The Labute approximate surface area is 186 Å². The van der Waals surface area contributed by atoms with Crippen LogP contribution in [0.4, 0.5) is 9.18 Å². The van der Waals surface area contributed by atoms with Gasteiger partial charge in [0, 0.05) is 28.9 Å². The monoisotopic (exact) mass is 437 g/mol. The third-order valence-corrected chi connectivity index (χ3v) is 5.46. The number of halogens is 1. The van der Waals surface area contributed by atoms with Gasteiger partial charge in [0.2, 0.25) is 0 Å². The van der Waals surface area contributed by atoms with E-state index in [-0.39, 0.29) is 18.0 Å². The van der Waals surface area contributed by atoms with Gasteiger partial charge in [-0.3, -0.25) is 0 Å². The van der Waals surface area contributed by atoms with Gasteiger partial charge in [-0.1, -0.05) is 6.08 Å². The minimum absolute atomic E-state index is 0.0446. The second-order valence-electron chi connectivity index (χ2n) is 9.00. The topological polar surface area (TPSA) is 76.2 Å². The van der Waals surface area contributed by atoms with Crippen LogP contribution in [0.15, 0.2) is 42.6 Å². The average molecular weight is 438 g/mol.